The van der Waals surface area contributed by atoms with Crippen LogP contribution in [0.4, 0.5) is 0 Å². The minimum absolute atomic E-state index is 0.648. The summed E-state index contributed by atoms with van der Waals surface area (Å²) in [7, 11) is -2.50. The van der Waals surface area contributed by atoms with E-state index in [1.807, 2.05) is 0 Å². The van der Waals surface area contributed by atoms with Crippen molar-refractivity contribution in [2.75, 3.05) is 7.05 Å². The van der Waals surface area contributed by atoms with Crippen molar-refractivity contribution in [2.24, 2.45) is 0 Å². The van der Waals surface area contributed by atoms with Crippen LogP contribution in [0.3, 0.4) is 0 Å². The normalized spacial score (nSPS) is 24.8. The predicted molar refractivity (Wildman–Crippen MR) is 43.1 cm³/mol. The van der Waals surface area contributed by atoms with Crippen LogP contribution in [0.25, 0.3) is 0 Å². The highest BCUT2D eigenvalue weighted by Crippen LogP contribution is 2.19. The number of rotatable bonds is 1. The molecule has 0 aromatic heterocycles. The molecule has 1 aliphatic heterocycles. The molecule has 1 atom stereocenters. The third-order valence-corrected chi connectivity index (χ3v) is 2.93. The molecule has 0 radical (unpaired) electrons. The highest BCUT2D eigenvalue weighted by Gasteiger charge is 2.28. The Labute approximate surface area is 70.6 Å². The molecule has 1 aliphatic rings. The van der Waals surface area contributed by atoms with Crippen LogP contribution in [-0.2, 0) is 10.3 Å². The lowest BCUT2D eigenvalue weighted by atomic mass is 10.9. The number of hydrogen-bond donors (Lipinski definition) is 2. The molecule has 64 valence electrons. The van der Waals surface area contributed by atoms with Crippen molar-refractivity contribution in [2.45, 2.75) is 5.50 Å². The van der Waals surface area contributed by atoms with E-state index in [0.29, 0.717) is 0 Å². The van der Waals surface area contributed by atoms with Crippen LogP contribution >= 0.6 is 12.6 Å². The monoisotopic (exact) mass is 196 g/mol. The van der Waals surface area contributed by atoms with Crippen molar-refractivity contribution in [3.05, 3.63) is 12.4 Å². The molecule has 1 rings (SSSR count). The van der Waals surface area contributed by atoms with Gasteiger partial charge < -0.3 is 4.90 Å². The van der Waals surface area contributed by atoms with E-state index in [1.54, 1.807) is 7.05 Å². The van der Waals surface area contributed by atoms with Gasteiger partial charge in [0.05, 0.1) is 0 Å². The molecule has 1 unspecified atom stereocenters. The highest BCUT2D eigenvalue weighted by molar-refractivity contribution is 7.86. The van der Waals surface area contributed by atoms with Gasteiger partial charge in [-0.1, -0.05) is 0 Å². The molecular weight excluding hydrogens is 188 g/mol. The van der Waals surface area contributed by atoms with Gasteiger partial charge in [0.2, 0.25) is 0 Å². The average Bonchev–Trinajstić information content (AvgIpc) is 2.11. The van der Waals surface area contributed by atoms with Crippen molar-refractivity contribution < 1.29 is 13.0 Å². The van der Waals surface area contributed by atoms with Gasteiger partial charge in [0, 0.05) is 19.4 Å². The molecule has 1 N–H and O–H groups in total. The van der Waals surface area contributed by atoms with Crippen molar-refractivity contribution in [1.29, 1.82) is 0 Å². The molecule has 11 heavy (non-hydrogen) atoms. The van der Waals surface area contributed by atoms with Crippen LogP contribution in [0.1, 0.15) is 0 Å². The second kappa shape index (κ2) is 2.58. The van der Waals surface area contributed by atoms with Crippen LogP contribution in [0.15, 0.2) is 12.4 Å². The Morgan fingerprint density at radius 3 is 2.27 bits per heavy atom. The number of nitrogens with zero attached hydrogens (tertiary/aromatic N) is 2. The average molecular weight is 196 g/mol. The zero-order valence-corrected chi connectivity index (χ0v) is 7.46. The zero-order chi connectivity index (χ0) is 8.65. The van der Waals surface area contributed by atoms with Crippen molar-refractivity contribution in [3.8, 4) is 0 Å². The maximum atomic E-state index is 10.5. The fraction of sp³-hybridized carbons (Fsp3) is 0.500. The van der Waals surface area contributed by atoms with E-state index in [9.17, 15) is 8.42 Å². The molecule has 0 spiro atoms. The van der Waals surface area contributed by atoms with Gasteiger partial charge in [-0.2, -0.15) is 8.42 Å². The largest absolute Gasteiger partial charge is 0.361 e. The van der Waals surface area contributed by atoms with E-state index in [2.05, 4.69) is 12.6 Å². The summed E-state index contributed by atoms with van der Waals surface area (Å²) >= 11 is 3.93. The molecule has 0 aromatic carbocycles. The summed E-state index contributed by atoms with van der Waals surface area (Å²) in [5, 5.41) is 0. The molecule has 0 aliphatic carbocycles. The summed E-state index contributed by atoms with van der Waals surface area (Å²) in [5.74, 6) is 0. The fourth-order valence-corrected chi connectivity index (χ4v) is 1.81. The van der Waals surface area contributed by atoms with E-state index in [4.69, 9.17) is 4.55 Å². The third kappa shape index (κ3) is 1.60. The Bertz CT molecular complexity index is 273. The molecule has 1 heterocycles. The zero-order valence-electron chi connectivity index (χ0n) is 5.75. The molecular formula is C4H8N2O3S2. The summed E-state index contributed by atoms with van der Waals surface area (Å²) in [6.07, 6.45) is 2.75. The maximum Gasteiger partial charge on any atom is 0.361 e. The van der Waals surface area contributed by atoms with Gasteiger partial charge in [0.25, 0.3) is 0 Å². The minimum Gasteiger partial charge on any atom is -0.350 e. The second-order valence-corrected chi connectivity index (χ2v) is 3.90. The second-order valence-electron chi connectivity index (χ2n) is 2.12. The Morgan fingerprint density at radius 2 is 2.09 bits per heavy atom. The Morgan fingerprint density at radius 1 is 1.55 bits per heavy atom. The molecule has 0 bridgehead atoms. The first kappa shape index (κ1) is 8.69. The van der Waals surface area contributed by atoms with Gasteiger partial charge in [0.1, 0.15) is 0 Å². The van der Waals surface area contributed by atoms with Crippen LogP contribution in [0.5, 0.6) is 0 Å². The van der Waals surface area contributed by atoms with Crippen LogP contribution in [0, 0.1) is 0 Å². The number of thiol groups is 1. The van der Waals surface area contributed by atoms with Crippen molar-refractivity contribution in [1.82, 2.24) is 9.21 Å². The summed E-state index contributed by atoms with van der Waals surface area (Å²) < 4.78 is 30.4. The van der Waals surface area contributed by atoms with E-state index in [1.165, 1.54) is 17.3 Å². The van der Waals surface area contributed by atoms with Crippen molar-refractivity contribution in [3.63, 3.8) is 0 Å². The first-order valence-corrected chi connectivity index (χ1v) is 4.68. The van der Waals surface area contributed by atoms with E-state index < -0.39 is 15.8 Å². The van der Waals surface area contributed by atoms with E-state index >= 15 is 0 Å². The Hall–Kier alpha value is -0.400. The Balaban J connectivity index is 2.88. The van der Waals surface area contributed by atoms with Gasteiger partial charge in [0.15, 0.2) is 5.50 Å². The van der Waals surface area contributed by atoms with Gasteiger partial charge in [-0.15, -0.1) is 12.6 Å². The van der Waals surface area contributed by atoms with Crippen LogP contribution in [0.2, 0.25) is 0 Å². The number of hydrogen-bond acceptors (Lipinski definition) is 4. The smallest absolute Gasteiger partial charge is 0.350 e. The van der Waals surface area contributed by atoms with Gasteiger partial charge >= 0.3 is 10.3 Å². The van der Waals surface area contributed by atoms with Crippen LogP contribution in [-0.4, -0.2) is 34.7 Å². The standard InChI is InChI=1S/C4H8N2O3S2/c1-5-2-3-6(4(5)10)11(7,8)9/h2-4,10H,1H3,(H,7,8,9). The van der Waals surface area contributed by atoms with Gasteiger partial charge in [-0.25, -0.2) is 4.31 Å². The molecule has 5 nitrogen and oxygen atoms in total. The summed E-state index contributed by atoms with van der Waals surface area (Å²) in [4.78, 5) is 1.54. The van der Waals surface area contributed by atoms with E-state index in [-0.39, 0.29) is 0 Å². The highest BCUT2D eigenvalue weighted by atomic mass is 32.2. The van der Waals surface area contributed by atoms with E-state index in [0.717, 1.165) is 4.31 Å². The molecule has 0 saturated carbocycles. The topological polar surface area (TPSA) is 60.9 Å². The van der Waals surface area contributed by atoms with Gasteiger partial charge in [-0.3, -0.25) is 4.55 Å². The molecule has 0 amide bonds. The predicted octanol–water partition coefficient (Wildman–Crippen LogP) is -0.279. The lowest BCUT2D eigenvalue weighted by Crippen LogP contribution is -2.35. The Kier molecular flexibility index (Phi) is 2.04. The lowest BCUT2D eigenvalue weighted by Gasteiger charge is -2.22. The summed E-state index contributed by atoms with van der Waals surface area (Å²) in [6, 6.07) is 0. The maximum absolute atomic E-state index is 10.5. The third-order valence-electron chi connectivity index (χ3n) is 1.31. The molecule has 0 aromatic rings. The molecule has 0 saturated heterocycles. The quantitative estimate of drug-likeness (QED) is 0.447. The summed E-state index contributed by atoms with van der Waals surface area (Å²) in [5.41, 5.74) is -0.648. The lowest BCUT2D eigenvalue weighted by molar-refractivity contribution is 0.322. The molecule has 7 heteroatoms. The van der Waals surface area contributed by atoms with Crippen molar-refractivity contribution >= 4 is 22.9 Å². The SMILES string of the molecule is CN1C=CN(S(=O)(=O)O)C1S. The van der Waals surface area contributed by atoms with Crippen LogP contribution < -0.4 is 0 Å². The summed E-state index contributed by atoms with van der Waals surface area (Å²) in [6.45, 7) is 0. The van der Waals surface area contributed by atoms with Gasteiger partial charge in [-0.05, 0) is 0 Å². The first-order chi connectivity index (χ1) is 4.93. The first-order valence-electron chi connectivity index (χ1n) is 2.77. The minimum atomic E-state index is -4.16. The fourth-order valence-electron chi connectivity index (χ4n) is 0.700. The molecule has 0 fully saturated rings.